The van der Waals surface area contributed by atoms with Crippen molar-refractivity contribution in [2.24, 2.45) is 0 Å². The Morgan fingerprint density at radius 3 is 2.28 bits per heavy atom. The fraction of sp³-hybridized carbons (Fsp3) is 0.500. The summed E-state index contributed by atoms with van der Waals surface area (Å²) >= 11 is 0. The number of benzene rings is 1. The third-order valence-electron chi connectivity index (χ3n) is 2.31. The van der Waals surface area contributed by atoms with Gasteiger partial charge in [-0.25, -0.2) is 0 Å². The Bertz CT molecular complexity index is 371. The van der Waals surface area contributed by atoms with E-state index in [2.05, 4.69) is 50.4 Å². The molecule has 0 heterocycles. The normalized spacial score (nSPS) is 12.3. The van der Waals surface area contributed by atoms with Crippen molar-refractivity contribution in [3.63, 3.8) is 0 Å². The second-order valence-corrected chi connectivity index (χ2v) is 5.77. The zero-order valence-corrected chi connectivity index (χ0v) is 12.2. The van der Waals surface area contributed by atoms with Crippen LogP contribution >= 0.6 is 0 Å². The first-order valence-electron chi connectivity index (χ1n) is 6.55. The van der Waals surface area contributed by atoms with Crippen molar-refractivity contribution >= 4 is 6.08 Å². The topological polar surface area (TPSA) is 21.3 Å². The molecule has 1 aromatic rings. The highest BCUT2D eigenvalue weighted by Gasteiger charge is 2.05. The lowest BCUT2D eigenvalue weighted by atomic mass is 10.1. The third kappa shape index (κ3) is 6.45. The fourth-order valence-electron chi connectivity index (χ4n) is 1.49. The van der Waals surface area contributed by atoms with E-state index in [4.69, 9.17) is 4.74 Å². The summed E-state index contributed by atoms with van der Waals surface area (Å²) in [5, 5.41) is 3.42. The van der Waals surface area contributed by atoms with Gasteiger partial charge >= 0.3 is 0 Å². The molecule has 0 bridgehead atoms. The van der Waals surface area contributed by atoms with Crippen LogP contribution in [0.1, 0.15) is 40.2 Å². The van der Waals surface area contributed by atoms with E-state index in [-0.39, 0.29) is 11.6 Å². The monoisotopic (exact) mass is 247 g/mol. The maximum Gasteiger partial charge on any atom is 0.119 e. The first kappa shape index (κ1) is 14.8. The molecule has 0 spiro atoms. The molecule has 100 valence electrons. The Hall–Kier alpha value is -1.28. The summed E-state index contributed by atoms with van der Waals surface area (Å²) in [5.41, 5.74) is 1.36. The van der Waals surface area contributed by atoms with Crippen LogP contribution in [0.15, 0.2) is 30.3 Å². The quantitative estimate of drug-likeness (QED) is 0.852. The molecular formula is C16H25NO. The van der Waals surface area contributed by atoms with Crippen LogP contribution in [-0.4, -0.2) is 18.2 Å². The summed E-state index contributed by atoms with van der Waals surface area (Å²) in [6, 6.07) is 8.17. The van der Waals surface area contributed by atoms with E-state index in [1.54, 1.807) is 0 Å². The van der Waals surface area contributed by atoms with Gasteiger partial charge in [-0.15, -0.1) is 0 Å². The van der Waals surface area contributed by atoms with Gasteiger partial charge in [0.2, 0.25) is 0 Å². The second kappa shape index (κ2) is 6.60. The van der Waals surface area contributed by atoms with Crippen LogP contribution in [0, 0.1) is 0 Å². The Labute approximate surface area is 111 Å². The number of nitrogens with one attached hydrogen (secondary N) is 1. The smallest absolute Gasteiger partial charge is 0.119 e. The highest BCUT2D eigenvalue weighted by molar-refractivity contribution is 5.50. The minimum atomic E-state index is 0.166. The molecule has 0 fully saturated rings. The lowest BCUT2D eigenvalue weighted by Gasteiger charge is -2.18. The van der Waals surface area contributed by atoms with Crippen molar-refractivity contribution in [2.75, 3.05) is 6.54 Å². The Morgan fingerprint density at radius 1 is 1.17 bits per heavy atom. The van der Waals surface area contributed by atoms with Crippen LogP contribution in [-0.2, 0) is 0 Å². The molecule has 2 nitrogen and oxygen atoms in total. The molecule has 0 aromatic heterocycles. The Kier molecular flexibility index (Phi) is 5.42. The van der Waals surface area contributed by atoms with Crippen LogP contribution in [0.4, 0.5) is 0 Å². The fourth-order valence-corrected chi connectivity index (χ4v) is 1.49. The Morgan fingerprint density at radius 2 is 1.78 bits per heavy atom. The number of rotatable bonds is 5. The molecule has 0 amide bonds. The highest BCUT2D eigenvalue weighted by atomic mass is 16.5. The molecule has 1 aromatic carbocycles. The van der Waals surface area contributed by atoms with Gasteiger partial charge in [0, 0.05) is 12.1 Å². The summed E-state index contributed by atoms with van der Waals surface area (Å²) in [6.45, 7) is 11.4. The van der Waals surface area contributed by atoms with Crippen molar-refractivity contribution in [3.05, 3.63) is 35.9 Å². The van der Waals surface area contributed by atoms with Crippen LogP contribution < -0.4 is 10.1 Å². The molecule has 0 atom stereocenters. The molecule has 0 saturated heterocycles. The lowest BCUT2D eigenvalue weighted by Crippen LogP contribution is -2.35. The standard InChI is InChI=1S/C16H25NO/c1-13(2)18-15-10-8-14(9-11-15)7-6-12-17-16(3,4)5/h6-11,13,17H,12H2,1-5H3. The SMILES string of the molecule is CC(C)Oc1ccc(C=CCNC(C)(C)C)cc1. The van der Waals surface area contributed by atoms with Gasteiger partial charge in [-0.1, -0.05) is 24.3 Å². The van der Waals surface area contributed by atoms with E-state index >= 15 is 0 Å². The number of ether oxygens (including phenoxy) is 1. The van der Waals surface area contributed by atoms with Crippen LogP contribution in [0.3, 0.4) is 0 Å². The largest absolute Gasteiger partial charge is 0.491 e. The minimum absolute atomic E-state index is 0.166. The van der Waals surface area contributed by atoms with Crippen LogP contribution in [0.5, 0.6) is 5.75 Å². The van der Waals surface area contributed by atoms with E-state index < -0.39 is 0 Å². The third-order valence-corrected chi connectivity index (χ3v) is 2.31. The van der Waals surface area contributed by atoms with Crippen molar-refractivity contribution < 1.29 is 4.74 Å². The average Bonchev–Trinajstić information content (AvgIpc) is 2.24. The molecular weight excluding hydrogens is 222 g/mol. The number of hydrogen-bond donors (Lipinski definition) is 1. The van der Waals surface area contributed by atoms with Crippen molar-refractivity contribution in [1.29, 1.82) is 0 Å². The zero-order valence-electron chi connectivity index (χ0n) is 12.2. The van der Waals surface area contributed by atoms with E-state index in [1.165, 1.54) is 5.56 Å². The molecule has 0 unspecified atom stereocenters. The summed E-state index contributed by atoms with van der Waals surface area (Å²) in [6.07, 6.45) is 4.49. The van der Waals surface area contributed by atoms with Gasteiger partial charge in [0.05, 0.1) is 6.10 Å². The molecule has 1 N–H and O–H groups in total. The predicted octanol–water partition coefficient (Wildman–Crippen LogP) is 3.88. The second-order valence-electron chi connectivity index (χ2n) is 5.77. The first-order valence-corrected chi connectivity index (χ1v) is 6.55. The highest BCUT2D eigenvalue weighted by Crippen LogP contribution is 2.14. The van der Waals surface area contributed by atoms with Crippen molar-refractivity contribution in [1.82, 2.24) is 5.32 Å². The molecule has 2 heteroatoms. The molecule has 1 rings (SSSR count). The van der Waals surface area contributed by atoms with Gasteiger partial charge in [0.25, 0.3) is 0 Å². The Balaban J connectivity index is 2.46. The molecule has 0 aliphatic rings. The average molecular weight is 247 g/mol. The molecule has 0 saturated carbocycles. The van der Waals surface area contributed by atoms with E-state index in [0.29, 0.717) is 0 Å². The van der Waals surface area contributed by atoms with Gasteiger partial charge in [-0.2, -0.15) is 0 Å². The van der Waals surface area contributed by atoms with Gasteiger partial charge in [0.15, 0.2) is 0 Å². The number of hydrogen-bond acceptors (Lipinski definition) is 2. The van der Waals surface area contributed by atoms with Gasteiger partial charge in [0.1, 0.15) is 5.75 Å². The van der Waals surface area contributed by atoms with Gasteiger partial charge in [-0.05, 0) is 52.3 Å². The summed E-state index contributed by atoms with van der Waals surface area (Å²) in [4.78, 5) is 0. The predicted molar refractivity (Wildman–Crippen MR) is 79.0 cm³/mol. The van der Waals surface area contributed by atoms with Gasteiger partial charge < -0.3 is 10.1 Å². The van der Waals surface area contributed by atoms with Crippen LogP contribution in [0.2, 0.25) is 0 Å². The summed E-state index contributed by atoms with van der Waals surface area (Å²) in [7, 11) is 0. The van der Waals surface area contributed by atoms with Gasteiger partial charge in [-0.3, -0.25) is 0 Å². The van der Waals surface area contributed by atoms with Crippen LogP contribution in [0.25, 0.3) is 6.08 Å². The molecule has 0 aliphatic heterocycles. The zero-order chi connectivity index (χ0) is 13.6. The maximum absolute atomic E-state index is 5.60. The summed E-state index contributed by atoms with van der Waals surface area (Å²) < 4.78 is 5.60. The summed E-state index contributed by atoms with van der Waals surface area (Å²) in [5.74, 6) is 0.926. The van der Waals surface area contributed by atoms with Crippen molar-refractivity contribution in [2.45, 2.75) is 46.3 Å². The molecule has 0 radical (unpaired) electrons. The first-order chi connectivity index (χ1) is 8.37. The van der Waals surface area contributed by atoms with E-state index in [0.717, 1.165) is 12.3 Å². The van der Waals surface area contributed by atoms with Crippen molar-refractivity contribution in [3.8, 4) is 5.75 Å². The van der Waals surface area contributed by atoms with E-state index in [9.17, 15) is 0 Å². The minimum Gasteiger partial charge on any atom is -0.491 e. The van der Waals surface area contributed by atoms with E-state index in [1.807, 2.05) is 26.0 Å². The lowest BCUT2D eigenvalue weighted by molar-refractivity contribution is 0.242. The molecule has 0 aliphatic carbocycles. The molecule has 18 heavy (non-hydrogen) atoms. The maximum atomic E-state index is 5.60.